The highest BCUT2D eigenvalue weighted by Gasteiger charge is 2.15. The zero-order valence-electron chi connectivity index (χ0n) is 21.7. The fourth-order valence-electron chi connectivity index (χ4n) is 5.32. The lowest BCUT2D eigenvalue weighted by atomic mass is 9.87. The largest absolute Gasteiger partial charge is 0.133 e. The van der Waals surface area contributed by atoms with E-state index in [1.54, 1.807) is 0 Å². The van der Waals surface area contributed by atoms with Crippen molar-refractivity contribution in [3.05, 3.63) is 120 Å². The van der Waals surface area contributed by atoms with Crippen molar-refractivity contribution < 1.29 is 0 Å². The van der Waals surface area contributed by atoms with Gasteiger partial charge < -0.3 is 0 Å². The summed E-state index contributed by atoms with van der Waals surface area (Å²) in [6.07, 6.45) is 14.1. The summed E-state index contributed by atoms with van der Waals surface area (Å²) < 4.78 is 0. The summed E-state index contributed by atoms with van der Waals surface area (Å²) in [5.74, 6) is 0. The first-order valence-electron chi connectivity index (χ1n) is 13.9. The first-order chi connectivity index (χ1) is 17.9. The lowest BCUT2D eigenvalue weighted by molar-refractivity contribution is 0.567. The monoisotopic (exact) mass is 492 g/mol. The molecule has 1 unspecified atom stereocenters. The van der Waals surface area contributed by atoms with Crippen molar-refractivity contribution in [2.45, 2.75) is 70.4 Å². The van der Waals surface area contributed by atoms with Crippen LogP contribution in [0.3, 0.4) is 0 Å². The van der Waals surface area contributed by atoms with Crippen LogP contribution < -0.4 is 0 Å². The highest BCUT2D eigenvalue weighted by Crippen LogP contribution is 2.37. The summed E-state index contributed by atoms with van der Waals surface area (Å²) in [6.45, 7) is 0. The summed E-state index contributed by atoms with van der Waals surface area (Å²) in [5, 5.41) is 0. The van der Waals surface area contributed by atoms with Crippen LogP contribution in [0.5, 0.6) is 0 Å². The van der Waals surface area contributed by atoms with Gasteiger partial charge in [0.15, 0.2) is 0 Å². The molecule has 0 saturated heterocycles. The molecule has 0 saturated carbocycles. The molecule has 4 aromatic carbocycles. The smallest absolute Gasteiger partial charge is 0.0110 e. The Balaban J connectivity index is 1.29. The number of benzene rings is 4. The minimum atomic E-state index is 0.965. The number of hydrogen-bond donors (Lipinski definition) is 0. The van der Waals surface area contributed by atoms with E-state index in [4.69, 9.17) is 0 Å². The van der Waals surface area contributed by atoms with E-state index in [2.05, 4.69) is 112 Å². The molecular formula is C35H41P. The second-order valence-electron chi connectivity index (χ2n) is 9.88. The number of unbranched alkanes of at least 4 members (excludes halogenated alkanes) is 7. The molecule has 0 heterocycles. The van der Waals surface area contributed by atoms with E-state index in [9.17, 15) is 0 Å². The molecule has 0 spiro atoms. The van der Waals surface area contributed by atoms with Crippen molar-refractivity contribution in [3.8, 4) is 22.3 Å². The third-order valence-corrected chi connectivity index (χ3v) is 7.66. The quantitative estimate of drug-likeness (QED) is 0.121. The van der Waals surface area contributed by atoms with Crippen LogP contribution in [0.15, 0.2) is 103 Å². The molecule has 0 nitrogen and oxygen atoms in total. The second kappa shape index (κ2) is 14.8. The Bertz CT molecular complexity index is 1150. The van der Waals surface area contributed by atoms with Gasteiger partial charge in [0.2, 0.25) is 0 Å². The van der Waals surface area contributed by atoms with Gasteiger partial charge >= 0.3 is 0 Å². The van der Waals surface area contributed by atoms with E-state index in [1.165, 1.54) is 96.7 Å². The molecule has 1 atom stereocenters. The Hall–Kier alpha value is -2.69. The van der Waals surface area contributed by atoms with Crippen LogP contribution in [-0.2, 0) is 19.0 Å². The van der Waals surface area contributed by atoms with E-state index in [1.807, 2.05) is 0 Å². The average Bonchev–Trinajstić information content (AvgIpc) is 2.95. The SMILES string of the molecule is PCc1c(-c2ccccc2)ccc(CCCCCCCCCCc2ccccc2)c1-c1ccccc1. The Morgan fingerprint density at radius 2 is 0.944 bits per heavy atom. The van der Waals surface area contributed by atoms with Crippen LogP contribution in [0.4, 0.5) is 0 Å². The summed E-state index contributed by atoms with van der Waals surface area (Å²) in [4.78, 5) is 0. The van der Waals surface area contributed by atoms with Crippen molar-refractivity contribution in [1.29, 1.82) is 0 Å². The van der Waals surface area contributed by atoms with Crippen LogP contribution in [0.2, 0.25) is 0 Å². The Morgan fingerprint density at radius 1 is 0.444 bits per heavy atom. The zero-order valence-corrected chi connectivity index (χ0v) is 22.8. The summed E-state index contributed by atoms with van der Waals surface area (Å²) in [5.41, 5.74) is 9.89. The normalized spacial score (nSPS) is 11.0. The van der Waals surface area contributed by atoms with Gasteiger partial charge in [-0.3, -0.25) is 0 Å². The minimum absolute atomic E-state index is 0.965. The molecule has 36 heavy (non-hydrogen) atoms. The predicted molar refractivity (Wildman–Crippen MR) is 162 cm³/mol. The van der Waals surface area contributed by atoms with E-state index in [0.29, 0.717) is 0 Å². The van der Waals surface area contributed by atoms with Gasteiger partial charge in [0.05, 0.1) is 0 Å². The van der Waals surface area contributed by atoms with Gasteiger partial charge in [-0.05, 0) is 70.8 Å². The minimum Gasteiger partial charge on any atom is -0.133 e. The molecule has 0 fully saturated rings. The maximum absolute atomic E-state index is 2.98. The number of aryl methyl sites for hydroxylation is 2. The van der Waals surface area contributed by atoms with Crippen molar-refractivity contribution >= 4 is 9.24 Å². The van der Waals surface area contributed by atoms with Crippen molar-refractivity contribution in [2.75, 3.05) is 0 Å². The molecule has 1 heteroatoms. The molecule has 0 radical (unpaired) electrons. The standard InChI is InChI=1S/C35H41P/c36-28-34-33(30-21-14-8-15-22-30)27-26-32(35(34)31-23-16-9-17-24-31)25-13-6-4-2-1-3-5-10-18-29-19-11-7-12-20-29/h7-9,11-12,14-17,19-24,26-27H,1-6,10,13,18,25,28,36H2. The van der Waals surface area contributed by atoms with Crippen LogP contribution >= 0.6 is 9.24 Å². The molecule has 0 aromatic heterocycles. The van der Waals surface area contributed by atoms with E-state index < -0.39 is 0 Å². The molecule has 0 N–H and O–H groups in total. The predicted octanol–water partition coefficient (Wildman–Crippen LogP) is 10.3. The van der Waals surface area contributed by atoms with E-state index in [-0.39, 0.29) is 0 Å². The van der Waals surface area contributed by atoms with Crippen molar-refractivity contribution in [1.82, 2.24) is 0 Å². The molecule has 0 aliphatic heterocycles. The number of hydrogen-bond acceptors (Lipinski definition) is 0. The Morgan fingerprint density at radius 3 is 1.53 bits per heavy atom. The summed E-state index contributed by atoms with van der Waals surface area (Å²) in [6, 6.07) is 37.5. The summed E-state index contributed by atoms with van der Waals surface area (Å²) >= 11 is 0. The van der Waals surface area contributed by atoms with Crippen LogP contribution in [0.25, 0.3) is 22.3 Å². The topological polar surface area (TPSA) is 0 Å². The van der Waals surface area contributed by atoms with Crippen molar-refractivity contribution in [2.24, 2.45) is 0 Å². The average molecular weight is 493 g/mol. The van der Waals surface area contributed by atoms with Gasteiger partial charge in [-0.2, -0.15) is 0 Å². The molecule has 4 aromatic rings. The molecule has 186 valence electrons. The molecule has 0 aliphatic carbocycles. The van der Waals surface area contributed by atoms with E-state index in [0.717, 1.165) is 12.6 Å². The Kier molecular flexibility index (Phi) is 10.8. The fourth-order valence-corrected chi connectivity index (χ4v) is 5.74. The third kappa shape index (κ3) is 7.65. The summed E-state index contributed by atoms with van der Waals surface area (Å²) in [7, 11) is 2.98. The van der Waals surface area contributed by atoms with Gasteiger partial charge in [0.1, 0.15) is 0 Å². The third-order valence-electron chi connectivity index (χ3n) is 7.25. The lowest BCUT2D eigenvalue weighted by Crippen LogP contribution is -1.98. The number of rotatable bonds is 14. The Labute approximate surface area is 221 Å². The molecular weight excluding hydrogens is 451 g/mol. The maximum atomic E-state index is 2.98. The zero-order chi connectivity index (χ0) is 24.8. The van der Waals surface area contributed by atoms with Gasteiger partial charge in [0, 0.05) is 0 Å². The van der Waals surface area contributed by atoms with Crippen molar-refractivity contribution in [3.63, 3.8) is 0 Å². The van der Waals surface area contributed by atoms with Gasteiger partial charge in [-0.1, -0.05) is 142 Å². The van der Waals surface area contributed by atoms with Crippen LogP contribution in [0.1, 0.15) is 68.1 Å². The fraction of sp³-hybridized carbons (Fsp3) is 0.314. The first kappa shape index (κ1) is 26.4. The van der Waals surface area contributed by atoms with Gasteiger partial charge in [-0.15, -0.1) is 9.24 Å². The maximum Gasteiger partial charge on any atom is -0.0110 e. The van der Waals surface area contributed by atoms with Gasteiger partial charge in [0.25, 0.3) is 0 Å². The lowest BCUT2D eigenvalue weighted by Gasteiger charge is -2.19. The van der Waals surface area contributed by atoms with E-state index >= 15 is 0 Å². The first-order valence-corrected chi connectivity index (χ1v) is 14.7. The molecule has 0 aliphatic rings. The van der Waals surface area contributed by atoms with Crippen LogP contribution in [0, 0.1) is 0 Å². The molecule has 0 bridgehead atoms. The van der Waals surface area contributed by atoms with Crippen LogP contribution in [-0.4, -0.2) is 0 Å². The second-order valence-corrected chi connectivity index (χ2v) is 10.3. The molecule has 4 rings (SSSR count). The highest BCUT2D eigenvalue weighted by molar-refractivity contribution is 7.15. The van der Waals surface area contributed by atoms with Gasteiger partial charge in [-0.25, -0.2) is 0 Å². The molecule has 0 amide bonds. The highest BCUT2D eigenvalue weighted by atomic mass is 31.0.